The van der Waals surface area contributed by atoms with Gasteiger partial charge in [0.05, 0.1) is 38.9 Å². The highest BCUT2D eigenvalue weighted by atomic mass is 16.5. The van der Waals surface area contributed by atoms with Gasteiger partial charge in [-0.2, -0.15) is 0 Å². The van der Waals surface area contributed by atoms with Crippen LogP contribution in [-0.4, -0.2) is 42.8 Å². The number of aromatic nitrogens is 2. The molecule has 0 radical (unpaired) electrons. The van der Waals surface area contributed by atoms with Crippen molar-refractivity contribution in [3.8, 4) is 11.5 Å². The molecule has 0 bridgehead atoms. The lowest BCUT2D eigenvalue weighted by Crippen LogP contribution is -2.16. The third kappa shape index (κ3) is 5.83. The summed E-state index contributed by atoms with van der Waals surface area (Å²) in [7, 11) is 4.57. The Morgan fingerprint density at radius 1 is 0.946 bits per heavy atom. The number of hydrogen-bond acceptors (Lipinski definition) is 7. The number of nitrogens with zero attached hydrogens (tertiary/aromatic N) is 2. The molecule has 2 N–H and O–H groups in total. The second-order valence-electron chi connectivity index (χ2n) is 8.45. The number of carbonyl (C=O) groups excluding carboxylic acids is 2. The summed E-state index contributed by atoms with van der Waals surface area (Å²) in [5.41, 5.74) is 4.04. The number of benzene rings is 2. The van der Waals surface area contributed by atoms with E-state index in [4.69, 9.17) is 14.2 Å². The van der Waals surface area contributed by atoms with Crippen molar-refractivity contribution in [1.82, 2.24) is 9.55 Å². The van der Waals surface area contributed by atoms with E-state index in [1.165, 1.54) is 14.0 Å². The number of amides is 1. The Kier molecular flexibility index (Phi) is 7.92. The van der Waals surface area contributed by atoms with Crippen LogP contribution in [0.15, 0.2) is 60.8 Å². The van der Waals surface area contributed by atoms with Gasteiger partial charge in [-0.05, 0) is 47.9 Å². The molecule has 0 spiro atoms. The molecular weight excluding hydrogens is 472 g/mol. The molecule has 4 aromatic rings. The van der Waals surface area contributed by atoms with E-state index in [0.717, 1.165) is 28.3 Å². The van der Waals surface area contributed by atoms with Crippen LogP contribution in [0.25, 0.3) is 11.0 Å². The van der Waals surface area contributed by atoms with Crippen molar-refractivity contribution in [3.05, 3.63) is 77.6 Å². The second kappa shape index (κ2) is 11.5. The lowest BCUT2D eigenvalue weighted by molar-refractivity contribution is -0.114. The van der Waals surface area contributed by atoms with E-state index < -0.39 is 5.97 Å². The van der Waals surface area contributed by atoms with Crippen LogP contribution in [0, 0.1) is 0 Å². The monoisotopic (exact) mass is 502 g/mol. The van der Waals surface area contributed by atoms with Crippen LogP contribution in [0.3, 0.4) is 0 Å². The van der Waals surface area contributed by atoms with E-state index in [-0.39, 0.29) is 11.6 Å². The van der Waals surface area contributed by atoms with Crippen molar-refractivity contribution in [2.75, 3.05) is 32.0 Å². The lowest BCUT2D eigenvalue weighted by atomic mass is 10.1. The van der Waals surface area contributed by atoms with Crippen molar-refractivity contribution in [2.24, 2.45) is 0 Å². The van der Waals surface area contributed by atoms with Crippen molar-refractivity contribution < 1.29 is 23.8 Å². The average Bonchev–Trinajstić information content (AvgIpc) is 3.22. The van der Waals surface area contributed by atoms with E-state index in [9.17, 15) is 9.59 Å². The topological polar surface area (TPSA) is 104 Å². The third-order valence-corrected chi connectivity index (χ3v) is 5.99. The SMILES string of the molecule is COC(=O)c1c(NC(C)=O)c2cc(NCc3cccc(OC)c3)cnc2n1CCc1ccc(OC)cc1. The summed E-state index contributed by atoms with van der Waals surface area (Å²) in [5, 5.41) is 6.82. The highest BCUT2D eigenvalue weighted by molar-refractivity contribution is 6.10. The van der Waals surface area contributed by atoms with Gasteiger partial charge in [0.15, 0.2) is 5.69 Å². The average molecular weight is 503 g/mol. The Morgan fingerprint density at radius 3 is 2.38 bits per heavy atom. The summed E-state index contributed by atoms with van der Waals surface area (Å²) >= 11 is 0. The van der Waals surface area contributed by atoms with Gasteiger partial charge in [0.1, 0.15) is 17.1 Å². The first-order valence-electron chi connectivity index (χ1n) is 11.8. The van der Waals surface area contributed by atoms with E-state index >= 15 is 0 Å². The largest absolute Gasteiger partial charge is 0.497 e. The number of aryl methyl sites for hydroxylation is 2. The summed E-state index contributed by atoms with van der Waals surface area (Å²) in [6.45, 7) is 2.40. The molecule has 192 valence electrons. The van der Waals surface area contributed by atoms with Gasteiger partial charge in [-0.1, -0.05) is 24.3 Å². The van der Waals surface area contributed by atoms with Crippen molar-refractivity contribution in [2.45, 2.75) is 26.4 Å². The van der Waals surface area contributed by atoms with Gasteiger partial charge in [0.25, 0.3) is 0 Å². The number of esters is 1. The summed E-state index contributed by atoms with van der Waals surface area (Å²) in [6.07, 6.45) is 2.35. The Balaban J connectivity index is 1.70. The van der Waals surface area contributed by atoms with Crippen molar-refractivity contribution in [3.63, 3.8) is 0 Å². The van der Waals surface area contributed by atoms with Crippen LogP contribution in [-0.2, 0) is 29.0 Å². The highest BCUT2D eigenvalue weighted by Gasteiger charge is 2.25. The lowest BCUT2D eigenvalue weighted by Gasteiger charge is -2.11. The number of nitrogens with one attached hydrogen (secondary N) is 2. The number of carbonyl (C=O) groups is 2. The van der Waals surface area contributed by atoms with Gasteiger partial charge in [-0.3, -0.25) is 4.79 Å². The van der Waals surface area contributed by atoms with Crippen LogP contribution < -0.4 is 20.1 Å². The zero-order valence-electron chi connectivity index (χ0n) is 21.3. The number of fused-ring (bicyclic) bond motifs is 1. The summed E-state index contributed by atoms with van der Waals surface area (Å²) in [6, 6.07) is 17.4. The van der Waals surface area contributed by atoms with Crippen LogP contribution in [0.4, 0.5) is 11.4 Å². The molecule has 0 aliphatic rings. The number of methoxy groups -OCH3 is 3. The van der Waals surface area contributed by atoms with Crippen molar-refractivity contribution >= 4 is 34.3 Å². The predicted molar refractivity (Wildman–Crippen MR) is 142 cm³/mol. The van der Waals surface area contributed by atoms with Gasteiger partial charge < -0.3 is 29.4 Å². The minimum atomic E-state index is -0.553. The molecule has 9 nitrogen and oxygen atoms in total. The van der Waals surface area contributed by atoms with Crippen molar-refractivity contribution in [1.29, 1.82) is 0 Å². The quantitative estimate of drug-likeness (QED) is 0.304. The Hall–Kier alpha value is -4.53. The Labute approximate surface area is 215 Å². The molecule has 0 unspecified atom stereocenters. The molecule has 4 rings (SSSR count). The van der Waals surface area contributed by atoms with Crippen LogP contribution in [0.2, 0.25) is 0 Å². The molecule has 37 heavy (non-hydrogen) atoms. The molecule has 1 amide bonds. The van der Waals surface area contributed by atoms with E-state index in [1.807, 2.05) is 54.6 Å². The number of ether oxygens (including phenoxy) is 3. The van der Waals surface area contributed by atoms with Gasteiger partial charge in [0.2, 0.25) is 5.91 Å². The smallest absolute Gasteiger partial charge is 0.356 e. The first-order chi connectivity index (χ1) is 17.9. The zero-order chi connectivity index (χ0) is 26.4. The predicted octanol–water partition coefficient (Wildman–Crippen LogP) is 4.65. The molecule has 0 aliphatic carbocycles. The maximum Gasteiger partial charge on any atom is 0.356 e. The molecule has 2 aromatic carbocycles. The van der Waals surface area contributed by atoms with Crippen LogP contribution in [0.5, 0.6) is 11.5 Å². The van der Waals surface area contributed by atoms with Crippen LogP contribution >= 0.6 is 0 Å². The van der Waals surface area contributed by atoms with Gasteiger partial charge in [-0.25, -0.2) is 9.78 Å². The minimum absolute atomic E-state index is 0.249. The second-order valence-corrected chi connectivity index (χ2v) is 8.45. The number of rotatable bonds is 10. The fraction of sp³-hybridized carbons (Fsp3) is 0.250. The maximum absolute atomic E-state index is 12.9. The number of anilines is 2. The summed E-state index contributed by atoms with van der Waals surface area (Å²) < 4.78 is 17.4. The Bertz CT molecular complexity index is 1410. The first kappa shape index (κ1) is 25.6. The van der Waals surface area contributed by atoms with E-state index in [0.29, 0.717) is 36.2 Å². The standard InChI is InChI=1S/C28H30N4O5/c1-18(33)31-25-24-15-21(29-16-20-6-5-7-23(14-20)36-3)17-30-27(24)32(26(25)28(34)37-4)13-12-19-8-10-22(35-2)11-9-19/h5-11,14-15,17,29H,12-13,16H2,1-4H3,(H,31,33). The van der Waals surface area contributed by atoms with Gasteiger partial charge in [-0.15, -0.1) is 0 Å². The molecule has 2 heterocycles. The van der Waals surface area contributed by atoms with Gasteiger partial charge >= 0.3 is 5.97 Å². The molecule has 2 aromatic heterocycles. The number of pyridine rings is 1. The fourth-order valence-corrected chi connectivity index (χ4v) is 4.17. The fourth-order valence-electron chi connectivity index (χ4n) is 4.17. The Morgan fingerprint density at radius 2 is 1.70 bits per heavy atom. The summed E-state index contributed by atoms with van der Waals surface area (Å²) in [5.74, 6) is 0.697. The van der Waals surface area contributed by atoms with E-state index in [2.05, 4.69) is 15.6 Å². The van der Waals surface area contributed by atoms with Crippen LogP contribution in [0.1, 0.15) is 28.5 Å². The molecule has 0 saturated carbocycles. The molecule has 0 atom stereocenters. The molecule has 0 saturated heterocycles. The maximum atomic E-state index is 12.9. The zero-order valence-corrected chi connectivity index (χ0v) is 21.3. The molecular formula is C28H30N4O5. The summed E-state index contributed by atoms with van der Waals surface area (Å²) in [4.78, 5) is 29.7. The van der Waals surface area contributed by atoms with Gasteiger partial charge in [0, 0.05) is 25.4 Å². The van der Waals surface area contributed by atoms with E-state index in [1.54, 1.807) is 25.0 Å². The molecule has 9 heteroatoms. The third-order valence-electron chi connectivity index (χ3n) is 5.99. The molecule has 0 aliphatic heterocycles. The normalized spacial score (nSPS) is 10.7. The molecule has 0 fully saturated rings. The highest BCUT2D eigenvalue weighted by Crippen LogP contribution is 2.33. The number of hydrogen-bond donors (Lipinski definition) is 2. The minimum Gasteiger partial charge on any atom is -0.497 e. The first-order valence-corrected chi connectivity index (χ1v) is 11.8.